The molecule has 0 saturated heterocycles. The van der Waals surface area contributed by atoms with Crippen LogP contribution in [0.5, 0.6) is 0 Å². The Balaban J connectivity index is 2.38. The van der Waals surface area contributed by atoms with Gasteiger partial charge in [-0.25, -0.2) is 14.6 Å². The Hall–Kier alpha value is -1.63. The summed E-state index contributed by atoms with van der Waals surface area (Å²) in [4.78, 5) is 26.9. The molecule has 7 heteroatoms. The Bertz CT molecular complexity index is 422. The van der Waals surface area contributed by atoms with Crippen molar-refractivity contribution in [1.29, 1.82) is 0 Å². The summed E-state index contributed by atoms with van der Waals surface area (Å²) in [6, 6.07) is -0.464. The van der Waals surface area contributed by atoms with Crippen LogP contribution in [0.3, 0.4) is 0 Å². The summed E-state index contributed by atoms with van der Waals surface area (Å²) < 4.78 is 0. The van der Waals surface area contributed by atoms with E-state index in [2.05, 4.69) is 15.6 Å². The zero-order valence-corrected chi connectivity index (χ0v) is 11.9. The number of hydrogen-bond donors (Lipinski definition) is 3. The Morgan fingerprint density at radius 3 is 2.79 bits per heavy atom. The van der Waals surface area contributed by atoms with Gasteiger partial charge >= 0.3 is 12.0 Å². The lowest BCUT2D eigenvalue weighted by Gasteiger charge is -2.25. The predicted molar refractivity (Wildman–Crippen MR) is 73.3 cm³/mol. The van der Waals surface area contributed by atoms with Gasteiger partial charge in [-0.2, -0.15) is 0 Å². The molecule has 2 amide bonds. The summed E-state index contributed by atoms with van der Waals surface area (Å²) in [7, 11) is 0. The van der Waals surface area contributed by atoms with Crippen molar-refractivity contribution in [1.82, 2.24) is 15.6 Å². The number of urea groups is 1. The molecule has 1 aromatic rings. The molecule has 0 aliphatic carbocycles. The van der Waals surface area contributed by atoms with E-state index in [-0.39, 0.29) is 0 Å². The van der Waals surface area contributed by atoms with Crippen molar-refractivity contribution in [3.8, 4) is 0 Å². The minimum absolute atomic E-state index is 0.391. The second kappa shape index (κ2) is 7.08. The van der Waals surface area contributed by atoms with E-state index in [9.17, 15) is 9.59 Å². The third-order valence-corrected chi connectivity index (χ3v) is 3.40. The first-order chi connectivity index (χ1) is 8.98. The van der Waals surface area contributed by atoms with E-state index in [1.807, 2.05) is 12.3 Å². The number of aliphatic carboxylic acids is 1. The molecule has 1 heterocycles. The minimum atomic E-state index is -1.22. The number of aromatic nitrogens is 1. The van der Waals surface area contributed by atoms with Crippen LogP contribution >= 0.6 is 11.3 Å². The van der Waals surface area contributed by atoms with Gasteiger partial charge < -0.3 is 15.7 Å². The molecule has 3 N–H and O–H groups in total. The van der Waals surface area contributed by atoms with Crippen LogP contribution in [0, 0.1) is 0 Å². The monoisotopic (exact) mass is 285 g/mol. The van der Waals surface area contributed by atoms with E-state index in [0.717, 1.165) is 5.69 Å². The van der Waals surface area contributed by atoms with Gasteiger partial charge in [-0.1, -0.05) is 13.3 Å². The van der Waals surface area contributed by atoms with Gasteiger partial charge in [0.25, 0.3) is 0 Å². The van der Waals surface area contributed by atoms with Gasteiger partial charge in [0.05, 0.1) is 11.2 Å². The number of thiazole rings is 1. The smallest absolute Gasteiger partial charge is 0.329 e. The Morgan fingerprint density at radius 2 is 2.26 bits per heavy atom. The lowest BCUT2D eigenvalue weighted by Crippen LogP contribution is -2.55. The van der Waals surface area contributed by atoms with Crippen LogP contribution in [0.1, 0.15) is 32.4 Å². The first-order valence-corrected chi connectivity index (χ1v) is 7.08. The Kier molecular flexibility index (Phi) is 5.75. The molecule has 0 saturated carbocycles. The Morgan fingerprint density at radius 1 is 1.53 bits per heavy atom. The number of rotatable bonds is 7. The van der Waals surface area contributed by atoms with Crippen LogP contribution in [0.15, 0.2) is 10.9 Å². The molecular weight excluding hydrogens is 266 g/mol. The largest absolute Gasteiger partial charge is 0.480 e. The topological polar surface area (TPSA) is 91.3 Å². The maximum Gasteiger partial charge on any atom is 0.329 e. The Labute approximate surface area is 116 Å². The standard InChI is InChI=1S/C12H19N3O3S/c1-3-5-12(2,10(16)17)15-11(18)13-6-4-9-7-19-8-14-9/h7-8H,3-6H2,1-2H3,(H,16,17)(H2,13,15,18). The van der Waals surface area contributed by atoms with E-state index < -0.39 is 17.5 Å². The molecule has 19 heavy (non-hydrogen) atoms. The lowest BCUT2D eigenvalue weighted by molar-refractivity contribution is -0.144. The number of carboxylic acid groups (broad SMARTS) is 1. The zero-order chi connectivity index (χ0) is 14.3. The van der Waals surface area contributed by atoms with Crippen molar-refractivity contribution in [2.45, 2.75) is 38.6 Å². The quantitative estimate of drug-likeness (QED) is 0.710. The van der Waals surface area contributed by atoms with Crippen LogP contribution in [0.4, 0.5) is 4.79 Å². The average Bonchev–Trinajstić information content (AvgIpc) is 2.82. The predicted octanol–water partition coefficient (Wildman–Crippen LogP) is 1.63. The minimum Gasteiger partial charge on any atom is -0.480 e. The number of carbonyl (C=O) groups excluding carboxylic acids is 1. The normalized spacial score (nSPS) is 13.6. The van der Waals surface area contributed by atoms with Crippen molar-refractivity contribution >= 4 is 23.3 Å². The maximum atomic E-state index is 11.7. The molecule has 0 radical (unpaired) electrons. The van der Waals surface area contributed by atoms with Gasteiger partial charge in [-0.3, -0.25) is 0 Å². The van der Waals surface area contributed by atoms with Gasteiger partial charge in [0, 0.05) is 18.3 Å². The van der Waals surface area contributed by atoms with Gasteiger partial charge in [-0.05, 0) is 13.3 Å². The summed E-state index contributed by atoms with van der Waals surface area (Å²) in [5, 5.41) is 16.2. The first-order valence-electron chi connectivity index (χ1n) is 6.14. The van der Waals surface area contributed by atoms with Crippen molar-refractivity contribution in [2.24, 2.45) is 0 Å². The second-order valence-electron chi connectivity index (χ2n) is 4.50. The fraction of sp³-hybridized carbons (Fsp3) is 0.583. The molecule has 1 rings (SSSR count). The highest BCUT2D eigenvalue weighted by atomic mass is 32.1. The SMILES string of the molecule is CCCC(C)(NC(=O)NCCc1cscn1)C(=O)O. The number of hydrogen-bond acceptors (Lipinski definition) is 4. The fourth-order valence-electron chi connectivity index (χ4n) is 1.68. The maximum absolute atomic E-state index is 11.7. The molecule has 1 unspecified atom stereocenters. The summed E-state index contributed by atoms with van der Waals surface area (Å²) in [5.41, 5.74) is 1.43. The fourth-order valence-corrected chi connectivity index (χ4v) is 2.28. The number of nitrogens with one attached hydrogen (secondary N) is 2. The van der Waals surface area contributed by atoms with Crippen LogP contribution in [0.25, 0.3) is 0 Å². The van der Waals surface area contributed by atoms with Crippen LogP contribution in [-0.2, 0) is 11.2 Å². The van der Waals surface area contributed by atoms with Crippen LogP contribution in [0.2, 0.25) is 0 Å². The lowest BCUT2D eigenvalue weighted by atomic mass is 9.97. The molecule has 0 bridgehead atoms. The van der Waals surface area contributed by atoms with Crippen molar-refractivity contribution in [3.63, 3.8) is 0 Å². The number of amides is 2. The molecule has 0 fully saturated rings. The van der Waals surface area contributed by atoms with E-state index >= 15 is 0 Å². The zero-order valence-electron chi connectivity index (χ0n) is 11.1. The molecule has 0 spiro atoms. The molecular formula is C12H19N3O3S. The molecule has 1 atom stereocenters. The molecule has 1 aromatic heterocycles. The highest BCUT2D eigenvalue weighted by Gasteiger charge is 2.33. The van der Waals surface area contributed by atoms with Gasteiger partial charge in [-0.15, -0.1) is 11.3 Å². The second-order valence-corrected chi connectivity index (χ2v) is 5.22. The van der Waals surface area contributed by atoms with Crippen molar-refractivity contribution in [2.75, 3.05) is 6.54 Å². The van der Waals surface area contributed by atoms with Crippen LogP contribution < -0.4 is 10.6 Å². The molecule has 106 valence electrons. The molecule has 0 aliphatic heterocycles. The van der Waals surface area contributed by atoms with Gasteiger partial charge in [0.2, 0.25) is 0 Å². The third kappa shape index (κ3) is 4.86. The van der Waals surface area contributed by atoms with E-state index in [1.54, 1.807) is 5.51 Å². The number of carboxylic acids is 1. The molecule has 0 aromatic carbocycles. The summed E-state index contributed by atoms with van der Waals surface area (Å²) >= 11 is 1.50. The van der Waals surface area contributed by atoms with Gasteiger partial charge in [0.1, 0.15) is 5.54 Å². The van der Waals surface area contributed by atoms with Gasteiger partial charge in [0.15, 0.2) is 0 Å². The van der Waals surface area contributed by atoms with E-state index in [0.29, 0.717) is 25.8 Å². The van der Waals surface area contributed by atoms with Crippen molar-refractivity contribution in [3.05, 3.63) is 16.6 Å². The third-order valence-electron chi connectivity index (χ3n) is 2.76. The number of nitrogens with zero attached hydrogens (tertiary/aromatic N) is 1. The summed E-state index contributed by atoms with van der Waals surface area (Å²) in [5.74, 6) is -1.02. The average molecular weight is 285 g/mol. The van der Waals surface area contributed by atoms with E-state index in [1.165, 1.54) is 18.3 Å². The molecule has 0 aliphatic rings. The van der Waals surface area contributed by atoms with E-state index in [4.69, 9.17) is 5.11 Å². The summed E-state index contributed by atoms with van der Waals surface area (Å²) in [6.45, 7) is 3.82. The highest BCUT2D eigenvalue weighted by Crippen LogP contribution is 2.12. The summed E-state index contributed by atoms with van der Waals surface area (Å²) in [6.07, 6.45) is 1.71. The first kappa shape index (κ1) is 15.4. The van der Waals surface area contributed by atoms with Crippen LogP contribution in [-0.4, -0.2) is 34.2 Å². The van der Waals surface area contributed by atoms with Crippen molar-refractivity contribution < 1.29 is 14.7 Å². The highest BCUT2D eigenvalue weighted by molar-refractivity contribution is 7.07. The molecule has 6 nitrogen and oxygen atoms in total. The number of carbonyl (C=O) groups is 2.